The molecule has 0 saturated carbocycles. The summed E-state index contributed by atoms with van der Waals surface area (Å²) in [6.07, 6.45) is -0.579. The van der Waals surface area contributed by atoms with E-state index in [1.165, 1.54) is 0 Å². The van der Waals surface area contributed by atoms with E-state index in [0.717, 1.165) is 5.56 Å². The van der Waals surface area contributed by atoms with Gasteiger partial charge in [-0.2, -0.15) is 0 Å². The molecule has 0 heterocycles. The van der Waals surface area contributed by atoms with Gasteiger partial charge in [0.05, 0.1) is 12.1 Å². The summed E-state index contributed by atoms with van der Waals surface area (Å²) in [6, 6.07) is 6.86. The van der Waals surface area contributed by atoms with Crippen LogP contribution >= 0.6 is 24.0 Å². The molecule has 74 valence electrons. The van der Waals surface area contributed by atoms with Crippen molar-refractivity contribution in [3.05, 3.63) is 34.9 Å². The zero-order valence-corrected chi connectivity index (χ0v) is 8.85. The average molecular weight is 222 g/mol. The first-order valence-electron chi connectivity index (χ1n) is 3.81. The molecule has 0 amide bonds. The maximum atomic E-state index is 9.22. The normalized spacial score (nSPS) is 14.5. The van der Waals surface area contributed by atoms with Gasteiger partial charge in [0.1, 0.15) is 0 Å². The summed E-state index contributed by atoms with van der Waals surface area (Å²) >= 11 is 5.87. The highest BCUT2D eigenvalue weighted by Crippen LogP contribution is 2.22. The van der Waals surface area contributed by atoms with Crippen LogP contribution < -0.4 is 5.73 Å². The van der Waals surface area contributed by atoms with E-state index in [-0.39, 0.29) is 12.4 Å². The van der Waals surface area contributed by atoms with Gasteiger partial charge in [0.2, 0.25) is 0 Å². The molecule has 0 aliphatic rings. The van der Waals surface area contributed by atoms with Gasteiger partial charge in [-0.3, -0.25) is 0 Å². The molecule has 1 aromatic rings. The van der Waals surface area contributed by atoms with Gasteiger partial charge in [-0.25, -0.2) is 0 Å². The van der Waals surface area contributed by atoms with Crippen LogP contribution in [0.1, 0.15) is 18.5 Å². The highest BCUT2D eigenvalue weighted by Gasteiger charge is 2.13. The highest BCUT2D eigenvalue weighted by atomic mass is 35.5. The molecule has 0 aromatic heterocycles. The number of hydrogen-bond donors (Lipinski definition) is 2. The van der Waals surface area contributed by atoms with Crippen LogP contribution in [0.2, 0.25) is 5.02 Å². The van der Waals surface area contributed by atoms with Crippen molar-refractivity contribution in [2.45, 2.75) is 19.1 Å². The molecule has 4 heteroatoms. The monoisotopic (exact) mass is 221 g/mol. The number of nitrogens with two attached hydrogens (primary N) is 1. The van der Waals surface area contributed by atoms with Crippen molar-refractivity contribution in [2.24, 2.45) is 5.73 Å². The van der Waals surface area contributed by atoms with Crippen molar-refractivity contribution < 1.29 is 5.11 Å². The van der Waals surface area contributed by atoms with Crippen molar-refractivity contribution in [3.8, 4) is 0 Å². The third kappa shape index (κ3) is 3.16. The Hall–Kier alpha value is -0.280. The van der Waals surface area contributed by atoms with Crippen molar-refractivity contribution in [1.29, 1.82) is 0 Å². The molecular weight excluding hydrogens is 209 g/mol. The van der Waals surface area contributed by atoms with Gasteiger partial charge in [0.25, 0.3) is 0 Å². The third-order valence-electron chi connectivity index (χ3n) is 1.78. The molecule has 0 saturated heterocycles. The van der Waals surface area contributed by atoms with Gasteiger partial charge >= 0.3 is 0 Å². The second-order valence-electron chi connectivity index (χ2n) is 2.79. The lowest BCUT2D eigenvalue weighted by Gasteiger charge is -2.15. The number of aliphatic hydroxyl groups is 1. The molecule has 0 aliphatic heterocycles. The molecule has 2 nitrogen and oxygen atoms in total. The molecule has 0 fully saturated rings. The number of benzene rings is 1. The molecule has 0 radical (unpaired) electrons. The van der Waals surface area contributed by atoms with Gasteiger partial charge in [0.15, 0.2) is 0 Å². The van der Waals surface area contributed by atoms with Crippen LogP contribution in [0.4, 0.5) is 0 Å². The predicted molar refractivity (Wildman–Crippen MR) is 57.3 cm³/mol. The fraction of sp³-hybridized carbons (Fsp3) is 0.333. The first-order chi connectivity index (χ1) is 5.63. The number of hydrogen-bond acceptors (Lipinski definition) is 2. The number of rotatable bonds is 2. The maximum absolute atomic E-state index is 9.22. The van der Waals surface area contributed by atoms with Crippen LogP contribution in [0.5, 0.6) is 0 Å². The lowest BCUT2D eigenvalue weighted by Crippen LogP contribution is -2.23. The highest BCUT2D eigenvalue weighted by molar-refractivity contribution is 6.31. The van der Waals surface area contributed by atoms with E-state index in [2.05, 4.69) is 0 Å². The van der Waals surface area contributed by atoms with E-state index in [1.807, 2.05) is 18.2 Å². The Balaban J connectivity index is 0.00000144. The maximum Gasteiger partial charge on any atom is 0.0705 e. The molecule has 1 unspecified atom stereocenters. The molecule has 13 heavy (non-hydrogen) atoms. The standard InChI is InChI=1S/C9H12ClNO.ClH/c1-6(12)9(11)7-4-2-3-5-8(7)10;/h2-6,9,12H,11H2,1H3;1H/t6?,9-;/m1./s1. The topological polar surface area (TPSA) is 46.2 Å². The first-order valence-corrected chi connectivity index (χ1v) is 4.19. The summed E-state index contributed by atoms with van der Waals surface area (Å²) in [5.74, 6) is 0. The van der Waals surface area contributed by atoms with Crippen molar-refractivity contribution in [2.75, 3.05) is 0 Å². The van der Waals surface area contributed by atoms with Gasteiger partial charge < -0.3 is 10.8 Å². The average Bonchev–Trinajstić information content (AvgIpc) is 2.04. The summed E-state index contributed by atoms with van der Waals surface area (Å²) in [6.45, 7) is 1.65. The SMILES string of the molecule is CC(O)[C@@H](N)c1ccccc1Cl.Cl. The van der Waals surface area contributed by atoms with E-state index in [9.17, 15) is 5.11 Å². The molecule has 3 N–H and O–H groups in total. The third-order valence-corrected chi connectivity index (χ3v) is 2.13. The van der Waals surface area contributed by atoms with Crippen molar-refractivity contribution >= 4 is 24.0 Å². The van der Waals surface area contributed by atoms with E-state index >= 15 is 0 Å². The minimum atomic E-state index is -0.579. The Bertz CT molecular complexity index is 266. The van der Waals surface area contributed by atoms with Gasteiger partial charge in [0, 0.05) is 5.02 Å². The fourth-order valence-corrected chi connectivity index (χ4v) is 1.27. The largest absolute Gasteiger partial charge is 0.391 e. The van der Waals surface area contributed by atoms with Crippen LogP contribution in [0.15, 0.2) is 24.3 Å². The Morgan fingerprint density at radius 2 is 1.92 bits per heavy atom. The van der Waals surface area contributed by atoms with E-state index in [4.69, 9.17) is 17.3 Å². The second-order valence-corrected chi connectivity index (χ2v) is 3.20. The van der Waals surface area contributed by atoms with Crippen molar-refractivity contribution in [3.63, 3.8) is 0 Å². The summed E-state index contributed by atoms with van der Waals surface area (Å²) in [5.41, 5.74) is 6.49. The molecular formula is C9H13Cl2NO. The summed E-state index contributed by atoms with van der Waals surface area (Å²) in [7, 11) is 0. The smallest absolute Gasteiger partial charge is 0.0705 e. The second kappa shape index (κ2) is 5.45. The predicted octanol–water partition coefficient (Wildman–Crippen LogP) is 2.14. The Morgan fingerprint density at radius 3 is 2.38 bits per heavy atom. The van der Waals surface area contributed by atoms with Crippen LogP contribution in [-0.4, -0.2) is 11.2 Å². The van der Waals surface area contributed by atoms with E-state index in [1.54, 1.807) is 13.0 Å². The zero-order valence-electron chi connectivity index (χ0n) is 7.27. The Morgan fingerprint density at radius 1 is 1.38 bits per heavy atom. The molecule has 1 rings (SSSR count). The van der Waals surface area contributed by atoms with E-state index < -0.39 is 12.1 Å². The molecule has 1 aromatic carbocycles. The minimum Gasteiger partial charge on any atom is -0.391 e. The van der Waals surface area contributed by atoms with E-state index in [0.29, 0.717) is 5.02 Å². The van der Waals surface area contributed by atoms with Gasteiger partial charge in [-0.15, -0.1) is 12.4 Å². The van der Waals surface area contributed by atoms with Gasteiger partial charge in [-0.05, 0) is 18.6 Å². The Labute approximate surface area is 89.1 Å². The molecule has 0 spiro atoms. The lowest BCUT2D eigenvalue weighted by atomic mass is 10.0. The fourth-order valence-electron chi connectivity index (χ4n) is 1.01. The zero-order chi connectivity index (χ0) is 9.14. The number of aliphatic hydroxyl groups excluding tert-OH is 1. The Kier molecular flexibility index (Phi) is 5.33. The quantitative estimate of drug-likeness (QED) is 0.805. The molecule has 0 aliphatic carbocycles. The van der Waals surface area contributed by atoms with Crippen LogP contribution in [-0.2, 0) is 0 Å². The summed E-state index contributed by atoms with van der Waals surface area (Å²) < 4.78 is 0. The molecule has 0 bridgehead atoms. The lowest BCUT2D eigenvalue weighted by molar-refractivity contribution is 0.164. The van der Waals surface area contributed by atoms with Crippen molar-refractivity contribution in [1.82, 2.24) is 0 Å². The van der Waals surface area contributed by atoms with Gasteiger partial charge in [-0.1, -0.05) is 29.8 Å². The van der Waals surface area contributed by atoms with Crippen LogP contribution in [0.25, 0.3) is 0 Å². The van der Waals surface area contributed by atoms with Crippen LogP contribution in [0.3, 0.4) is 0 Å². The molecule has 2 atom stereocenters. The summed E-state index contributed by atoms with van der Waals surface area (Å²) in [4.78, 5) is 0. The first kappa shape index (κ1) is 12.7. The minimum absolute atomic E-state index is 0. The van der Waals surface area contributed by atoms with Crippen LogP contribution in [0, 0.1) is 0 Å². The number of halogens is 2. The summed E-state index contributed by atoms with van der Waals surface area (Å²) in [5, 5.41) is 9.82.